The summed E-state index contributed by atoms with van der Waals surface area (Å²) in [4.78, 5) is 0. The van der Waals surface area contributed by atoms with E-state index in [4.69, 9.17) is 5.84 Å². The van der Waals surface area contributed by atoms with Gasteiger partial charge in [0.15, 0.2) is 0 Å². The topological polar surface area (TPSA) is 38.0 Å². The number of hydrazine groups is 1. The van der Waals surface area contributed by atoms with Gasteiger partial charge in [-0.25, -0.2) is 5.43 Å². The van der Waals surface area contributed by atoms with Gasteiger partial charge in [-0.3, -0.25) is 5.84 Å². The lowest BCUT2D eigenvalue weighted by atomic mass is 10.0. The first-order valence-corrected chi connectivity index (χ1v) is 7.47. The molecular formula is C11H10BrIN2S. The molecule has 2 nitrogen and oxygen atoms in total. The maximum Gasteiger partial charge on any atom is 0.0739 e. The molecule has 16 heavy (non-hydrogen) atoms. The second-order valence-corrected chi connectivity index (χ2v) is 6.06. The van der Waals surface area contributed by atoms with E-state index in [1.165, 1.54) is 14.7 Å². The first kappa shape index (κ1) is 12.5. The molecule has 3 N–H and O–H groups in total. The quantitative estimate of drug-likeness (QED) is 0.462. The van der Waals surface area contributed by atoms with E-state index in [-0.39, 0.29) is 6.04 Å². The van der Waals surface area contributed by atoms with Crippen LogP contribution in [0.5, 0.6) is 0 Å². The van der Waals surface area contributed by atoms with Gasteiger partial charge in [-0.05, 0) is 61.1 Å². The van der Waals surface area contributed by atoms with Crippen molar-refractivity contribution in [3.8, 4) is 0 Å². The molecule has 84 valence electrons. The molecule has 1 aromatic carbocycles. The van der Waals surface area contributed by atoms with Crippen LogP contribution < -0.4 is 11.3 Å². The van der Waals surface area contributed by atoms with Gasteiger partial charge in [0.1, 0.15) is 0 Å². The molecule has 0 spiro atoms. The zero-order valence-corrected chi connectivity index (χ0v) is 12.8. The van der Waals surface area contributed by atoms with Gasteiger partial charge in [-0.15, -0.1) is 0 Å². The second-order valence-electron chi connectivity index (χ2n) is 3.30. The van der Waals surface area contributed by atoms with Gasteiger partial charge in [0.2, 0.25) is 0 Å². The Morgan fingerprint density at radius 2 is 2.00 bits per heavy atom. The summed E-state index contributed by atoms with van der Waals surface area (Å²) >= 11 is 7.54. The van der Waals surface area contributed by atoms with Crippen LogP contribution in [0.1, 0.15) is 17.2 Å². The molecule has 0 radical (unpaired) electrons. The van der Waals surface area contributed by atoms with E-state index in [0.717, 1.165) is 4.47 Å². The molecule has 0 fully saturated rings. The number of benzene rings is 1. The van der Waals surface area contributed by atoms with Crippen LogP contribution >= 0.6 is 49.9 Å². The van der Waals surface area contributed by atoms with E-state index >= 15 is 0 Å². The minimum absolute atomic E-state index is 0.0359. The molecule has 1 aromatic heterocycles. The van der Waals surface area contributed by atoms with Crippen molar-refractivity contribution in [3.05, 3.63) is 54.2 Å². The molecule has 2 rings (SSSR count). The minimum atomic E-state index is 0.0359. The van der Waals surface area contributed by atoms with Gasteiger partial charge in [0, 0.05) is 13.4 Å². The third kappa shape index (κ3) is 2.48. The molecule has 0 aliphatic rings. The highest BCUT2D eigenvalue weighted by molar-refractivity contribution is 14.1. The molecule has 1 heterocycles. The first-order valence-electron chi connectivity index (χ1n) is 4.66. The van der Waals surface area contributed by atoms with Crippen molar-refractivity contribution in [1.29, 1.82) is 0 Å². The normalized spacial score (nSPS) is 12.7. The van der Waals surface area contributed by atoms with Crippen LogP contribution in [0.25, 0.3) is 0 Å². The number of halogens is 2. The van der Waals surface area contributed by atoms with Gasteiger partial charge in [0.05, 0.1) is 6.04 Å². The predicted molar refractivity (Wildman–Crippen MR) is 80.3 cm³/mol. The molecule has 1 unspecified atom stereocenters. The second kappa shape index (κ2) is 5.59. The fourth-order valence-electron chi connectivity index (χ4n) is 1.55. The minimum Gasteiger partial charge on any atom is -0.271 e. The van der Waals surface area contributed by atoms with E-state index in [9.17, 15) is 0 Å². The molecular weight excluding hydrogens is 399 g/mol. The highest BCUT2D eigenvalue weighted by Gasteiger charge is 2.17. The van der Waals surface area contributed by atoms with Gasteiger partial charge in [-0.2, -0.15) is 11.3 Å². The molecule has 0 aliphatic heterocycles. The zero-order chi connectivity index (χ0) is 11.5. The fourth-order valence-corrected chi connectivity index (χ4v) is 3.80. The maximum atomic E-state index is 5.66. The average molecular weight is 409 g/mol. The lowest BCUT2D eigenvalue weighted by Gasteiger charge is -2.17. The zero-order valence-electron chi connectivity index (χ0n) is 8.28. The van der Waals surface area contributed by atoms with Crippen molar-refractivity contribution >= 4 is 49.9 Å². The summed E-state index contributed by atoms with van der Waals surface area (Å²) < 4.78 is 2.31. The van der Waals surface area contributed by atoms with Gasteiger partial charge < -0.3 is 0 Å². The molecule has 2 aromatic rings. The van der Waals surface area contributed by atoms with Crippen molar-refractivity contribution in [3.63, 3.8) is 0 Å². The molecule has 5 heteroatoms. The van der Waals surface area contributed by atoms with E-state index in [1.807, 2.05) is 12.1 Å². The van der Waals surface area contributed by atoms with E-state index in [2.05, 4.69) is 66.8 Å². The molecule has 0 saturated carbocycles. The molecule has 1 atom stereocenters. The summed E-state index contributed by atoms with van der Waals surface area (Å²) in [7, 11) is 0. The van der Waals surface area contributed by atoms with E-state index < -0.39 is 0 Å². The van der Waals surface area contributed by atoms with E-state index in [0.29, 0.717) is 0 Å². The number of hydrogen-bond donors (Lipinski definition) is 2. The van der Waals surface area contributed by atoms with Crippen LogP contribution in [0.2, 0.25) is 0 Å². The number of nitrogens with two attached hydrogens (primary N) is 1. The number of rotatable bonds is 3. The predicted octanol–water partition coefficient (Wildman–Crippen LogP) is 3.67. The lowest BCUT2D eigenvalue weighted by molar-refractivity contribution is 0.634. The Balaban J connectivity index is 2.45. The molecule has 0 bridgehead atoms. The van der Waals surface area contributed by atoms with Crippen LogP contribution in [0, 0.1) is 3.57 Å². The first-order chi connectivity index (χ1) is 7.74. The number of thiophene rings is 1. The van der Waals surface area contributed by atoms with Gasteiger partial charge in [0.25, 0.3) is 0 Å². The summed E-state index contributed by atoms with van der Waals surface area (Å²) in [6.45, 7) is 0. The Labute approximate surface area is 120 Å². The van der Waals surface area contributed by atoms with Crippen molar-refractivity contribution in [2.45, 2.75) is 6.04 Å². The van der Waals surface area contributed by atoms with Crippen molar-refractivity contribution < 1.29 is 0 Å². The maximum absolute atomic E-state index is 5.66. The smallest absolute Gasteiger partial charge is 0.0739 e. The Morgan fingerprint density at radius 3 is 2.56 bits per heavy atom. The highest BCUT2D eigenvalue weighted by atomic mass is 127. The van der Waals surface area contributed by atoms with Crippen molar-refractivity contribution in [1.82, 2.24) is 5.43 Å². The molecule has 0 saturated heterocycles. The summed E-state index contributed by atoms with van der Waals surface area (Å²) in [5.41, 5.74) is 5.25. The molecule has 0 amide bonds. The van der Waals surface area contributed by atoms with Crippen LogP contribution in [0.4, 0.5) is 0 Å². The highest BCUT2D eigenvalue weighted by Crippen LogP contribution is 2.32. The largest absolute Gasteiger partial charge is 0.271 e. The fraction of sp³-hybridized carbons (Fsp3) is 0.0909. The SMILES string of the molecule is NNC(c1cscc1Br)c1ccccc1I. The third-order valence-electron chi connectivity index (χ3n) is 2.34. The van der Waals surface area contributed by atoms with Crippen LogP contribution in [0.15, 0.2) is 39.5 Å². The summed E-state index contributed by atoms with van der Waals surface area (Å²) in [6, 6.07) is 8.27. The summed E-state index contributed by atoms with van der Waals surface area (Å²) in [5.74, 6) is 5.66. The monoisotopic (exact) mass is 408 g/mol. The summed E-state index contributed by atoms with van der Waals surface area (Å²) in [5, 5.41) is 4.17. The van der Waals surface area contributed by atoms with Crippen molar-refractivity contribution in [2.75, 3.05) is 0 Å². The standard InChI is InChI=1S/C11H10BrIN2S/c12-9-6-16-5-8(9)11(15-14)7-3-1-2-4-10(7)13/h1-6,11,15H,14H2. The number of nitrogens with one attached hydrogen (secondary N) is 1. The van der Waals surface area contributed by atoms with Crippen LogP contribution in [-0.2, 0) is 0 Å². The summed E-state index contributed by atoms with van der Waals surface area (Å²) in [6.07, 6.45) is 0. The van der Waals surface area contributed by atoms with Crippen molar-refractivity contribution in [2.24, 2.45) is 5.84 Å². The Kier molecular flexibility index (Phi) is 4.37. The van der Waals surface area contributed by atoms with Gasteiger partial charge >= 0.3 is 0 Å². The number of hydrogen-bond acceptors (Lipinski definition) is 3. The lowest BCUT2D eigenvalue weighted by Crippen LogP contribution is -2.29. The third-order valence-corrected chi connectivity index (χ3v) is 5.07. The van der Waals surface area contributed by atoms with Crippen LogP contribution in [0.3, 0.4) is 0 Å². The Bertz CT molecular complexity index is 486. The van der Waals surface area contributed by atoms with E-state index in [1.54, 1.807) is 11.3 Å². The van der Waals surface area contributed by atoms with Gasteiger partial charge in [-0.1, -0.05) is 18.2 Å². The average Bonchev–Trinajstić information content (AvgIpc) is 2.69. The van der Waals surface area contributed by atoms with Crippen LogP contribution in [-0.4, -0.2) is 0 Å². The Morgan fingerprint density at radius 1 is 1.25 bits per heavy atom. The Hall–Kier alpha value is 0.0500. The molecule has 0 aliphatic carbocycles.